The Bertz CT molecular complexity index is 1040. The maximum Gasteiger partial charge on any atom is 0.416 e. The summed E-state index contributed by atoms with van der Waals surface area (Å²) in [5.74, 6) is 6.38. The Morgan fingerprint density at radius 2 is 1.93 bits per heavy atom. The van der Waals surface area contributed by atoms with Gasteiger partial charge in [0.2, 0.25) is 0 Å². The molecule has 1 aromatic heterocycles. The number of rotatable bonds is 6. The van der Waals surface area contributed by atoms with Gasteiger partial charge in [-0.1, -0.05) is 36.1 Å². The van der Waals surface area contributed by atoms with E-state index >= 15 is 0 Å². The SMILES string of the molecule is C=CCN(C)CCCC#Cc1ccc2c(-c3ccc(C(F)(F)F)cc3)nsc2c1. The van der Waals surface area contributed by atoms with E-state index in [-0.39, 0.29) is 0 Å². The number of benzene rings is 2. The van der Waals surface area contributed by atoms with Crippen LogP contribution in [0.3, 0.4) is 0 Å². The number of hydrogen-bond donors (Lipinski definition) is 0. The van der Waals surface area contributed by atoms with Gasteiger partial charge >= 0.3 is 6.18 Å². The van der Waals surface area contributed by atoms with Crippen LogP contribution < -0.4 is 0 Å². The van der Waals surface area contributed by atoms with Crippen LogP contribution in [0.25, 0.3) is 21.3 Å². The highest BCUT2D eigenvalue weighted by Crippen LogP contribution is 2.34. The fourth-order valence-corrected chi connectivity index (χ4v) is 3.79. The number of alkyl halides is 3. The van der Waals surface area contributed by atoms with Crippen molar-refractivity contribution in [3.8, 4) is 23.1 Å². The molecule has 0 radical (unpaired) electrons. The van der Waals surface area contributed by atoms with Crippen molar-refractivity contribution >= 4 is 21.6 Å². The average Bonchev–Trinajstić information content (AvgIpc) is 3.10. The van der Waals surface area contributed by atoms with Gasteiger partial charge in [-0.15, -0.1) is 6.58 Å². The molecule has 0 aliphatic carbocycles. The quantitative estimate of drug-likeness (QED) is 0.270. The van der Waals surface area contributed by atoms with Gasteiger partial charge in [-0.2, -0.15) is 17.5 Å². The van der Waals surface area contributed by atoms with Crippen molar-refractivity contribution in [2.75, 3.05) is 20.1 Å². The lowest BCUT2D eigenvalue weighted by Crippen LogP contribution is -2.19. The number of halogens is 3. The van der Waals surface area contributed by atoms with E-state index in [1.54, 1.807) is 0 Å². The molecule has 3 rings (SSSR count). The van der Waals surface area contributed by atoms with E-state index in [4.69, 9.17) is 0 Å². The number of hydrogen-bond acceptors (Lipinski definition) is 3. The molecule has 29 heavy (non-hydrogen) atoms. The summed E-state index contributed by atoms with van der Waals surface area (Å²) in [4.78, 5) is 2.20. The van der Waals surface area contributed by atoms with Crippen LogP contribution in [0.4, 0.5) is 13.2 Å². The Balaban J connectivity index is 1.70. The van der Waals surface area contributed by atoms with Crippen molar-refractivity contribution in [2.45, 2.75) is 19.0 Å². The van der Waals surface area contributed by atoms with E-state index < -0.39 is 11.7 Å². The molecule has 1 heterocycles. The number of aromatic nitrogens is 1. The van der Waals surface area contributed by atoms with Gasteiger partial charge in [0.1, 0.15) is 0 Å². The fraction of sp³-hybridized carbons (Fsp3) is 0.261. The van der Waals surface area contributed by atoms with Crippen molar-refractivity contribution in [1.29, 1.82) is 0 Å². The Labute approximate surface area is 172 Å². The minimum atomic E-state index is -4.34. The van der Waals surface area contributed by atoms with Gasteiger partial charge in [0.05, 0.1) is 16.0 Å². The highest BCUT2D eigenvalue weighted by molar-refractivity contribution is 7.13. The van der Waals surface area contributed by atoms with Crippen molar-refractivity contribution in [1.82, 2.24) is 9.27 Å². The minimum Gasteiger partial charge on any atom is -0.303 e. The topological polar surface area (TPSA) is 16.1 Å². The standard InChI is InChI=1S/C23H21F3N2S/c1-3-14-28(2)15-6-4-5-7-17-8-13-20-21(16-17)29-27-22(20)18-9-11-19(12-10-18)23(24,25)26/h3,8-13,16H,1,4,6,14-15H2,2H3. The zero-order valence-electron chi connectivity index (χ0n) is 16.1. The molecule has 0 unspecified atom stereocenters. The molecule has 0 atom stereocenters. The number of fused-ring (bicyclic) bond motifs is 1. The van der Waals surface area contributed by atoms with Crippen LogP contribution in [-0.2, 0) is 6.18 Å². The first kappa shape index (κ1) is 21.1. The van der Waals surface area contributed by atoms with E-state index in [9.17, 15) is 13.2 Å². The zero-order chi connectivity index (χ0) is 20.9. The smallest absolute Gasteiger partial charge is 0.303 e. The Morgan fingerprint density at radius 3 is 2.62 bits per heavy atom. The normalized spacial score (nSPS) is 11.5. The summed E-state index contributed by atoms with van der Waals surface area (Å²) in [6.07, 6.45) is -0.635. The van der Waals surface area contributed by atoms with E-state index in [0.717, 1.165) is 53.7 Å². The second kappa shape index (κ2) is 9.25. The van der Waals surface area contributed by atoms with Gasteiger partial charge in [0, 0.05) is 29.5 Å². The van der Waals surface area contributed by atoms with Crippen molar-refractivity contribution in [2.24, 2.45) is 0 Å². The Morgan fingerprint density at radius 1 is 1.17 bits per heavy atom. The molecule has 0 aliphatic rings. The monoisotopic (exact) mass is 414 g/mol. The summed E-state index contributed by atoms with van der Waals surface area (Å²) in [7, 11) is 2.06. The maximum atomic E-state index is 12.8. The predicted octanol–water partition coefficient (Wildman–Crippen LogP) is 6.23. The molecular formula is C23H21F3N2S. The summed E-state index contributed by atoms with van der Waals surface area (Å²) in [6.45, 7) is 5.57. The molecule has 2 aromatic carbocycles. The third kappa shape index (κ3) is 5.47. The first-order chi connectivity index (χ1) is 13.9. The highest BCUT2D eigenvalue weighted by atomic mass is 32.1. The molecule has 0 aliphatic heterocycles. The van der Waals surface area contributed by atoms with Gasteiger partial charge < -0.3 is 4.90 Å². The first-order valence-corrected chi connectivity index (χ1v) is 10.0. The summed E-state index contributed by atoms with van der Waals surface area (Å²) >= 11 is 1.33. The van der Waals surface area contributed by atoms with Gasteiger partial charge in [-0.05, 0) is 55.8 Å². The average molecular weight is 414 g/mol. The second-order valence-corrected chi connectivity index (χ2v) is 7.58. The molecule has 0 saturated carbocycles. The molecule has 0 amide bonds. The minimum absolute atomic E-state index is 0.658. The summed E-state index contributed by atoms with van der Waals surface area (Å²) < 4.78 is 43.7. The Hall–Kier alpha value is -2.62. The van der Waals surface area contributed by atoms with Crippen LogP contribution in [0.2, 0.25) is 0 Å². The highest BCUT2D eigenvalue weighted by Gasteiger charge is 2.30. The molecule has 3 aromatic rings. The number of likely N-dealkylation sites (N-methyl/N-ethyl adjacent to an activating group) is 1. The fourth-order valence-electron chi connectivity index (χ4n) is 2.95. The summed E-state index contributed by atoms with van der Waals surface area (Å²) in [5.41, 5.74) is 1.63. The van der Waals surface area contributed by atoms with E-state index in [1.807, 2.05) is 24.3 Å². The van der Waals surface area contributed by atoms with E-state index in [0.29, 0.717) is 11.3 Å². The van der Waals surface area contributed by atoms with Crippen molar-refractivity contribution in [3.63, 3.8) is 0 Å². The van der Waals surface area contributed by atoms with Crippen molar-refractivity contribution in [3.05, 3.63) is 66.2 Å². The largest absolute Gasteiger partial charge is 0.416 e. The number of nitrogens with zero attached hydrogens (tertiary/aromatic N) is 2. The second-order valence-electron chi connectivity index (χ2n) is 6.77. The van der Waals surface area contributed by atoms with Crippen LogP contribution >= 0.6 is 11.5 Å². The van der Waals surface area contributed by atoms with Gasteiger partial charge in [-0.3, -0.25) is 0 Å². The molecule has 0 spiro atoms. The van der Waals surface area contributed by atoms with Crippen molar-refractivity contribution < 1.29 is 13.2 Å². The molecule has 0 fully saturated rings. The lowest BCUT2D eigenvalue weighted by atomic mass is 10.0. The van der Waals surface area contributed by atoms with E-state index in [1.165, 1.54) is 23.7 Å². The lowest BCUT2D eigenvalue weighted by Gasteiger charge is -2.12. The third-order valence-electron chi connectivity index (χ3n) is 4.47. The first-order valence-electron chi connectivity index (χ1n) is 9.24. The number of unbranched alkanes of at least 4 members (excludes halogenated alkanes) is 1. The molecule has 150 valence electrons. The van der Waals surface area contributed by atoms with Crippen LogP contribution in [0.5, 0.6) is 0 Å². The lowest BCUT2D eigenvalue weighted by molar-refractivity contribution is -0.137. The van der Waals surface area contributed by atoms with Crippen LogP contribution in [0, 0.1) is 11.8 Å². The van der Waals surface area contributed by atoms with Crippen LogP contribution in [-0.4, -0.2) is 29.4 Å². The van der Waals surface area contributed by atoms with Gasteiger partial charge in [-0.25, -0.2) is 0 Å². The molecular weight excluding hydrogens is 393 g/mol. The summed E-state index contributed by atoms with van der Waals surface area (Å²) in [5, 5.41) is 0.923. The molecule has 0 saturated heterocycles. The molecule has 2 nitrogen and oxygen atoms in total. The van der Waals surface area contributed by atoms with Crippen LogP contribution in [0.1, 0.15) is 24.0 Å². The summed E-state index contributed by atoms with van der Waals surface area (Å²) in [6, 6.07) is 11.0. The van der Waals surface area contributed by atoms with Crippen LogP contribution in [0.15, 0.2) is 55.1 Å². The molecule has 0 bridgehead atoms. The molecule has 0 N–H and O–H groups in total. The third-order valence-corrected chi connectivity index (χ3v) is 5.28. The zero-order valence-corrected chi connectivity index (χ0v) is 16.9. The van der Waals surface area contributed by atoms with Gasteiger partial charge in [0.25, 0.3) is 0 Å². The van der Waals surface area contributed by atoms with E-state index in [2.05, 4.69) is 34.7 Å². The van der Waals surface area contributed by atoms with Gasteiger partial charge in [0.15, 0.2) is 0 Å². The Kier molecular flexibility index (Phi) is 6.73. The predicted molar refractivity (Wildman–Crippen MR) is 114 cm³/mol. The molecule has 6 heteroatoms. The maximum absolute atomic E-state index is 12.8.